The lowest BCUT2D eigenvalue weighted by molar-refractivity contribution is 0.469. The van der Waals surface area contributed by atoms with Gasteiger partial charge in [0.25, 0.3) is 0 Å². The fraction of sp³-hybridized carbons (Fsp3) is 0.221. The highest BCUT2D eigenvalue weighted by molar-refractivity contribution is 6.35. The minimum absolute atomic E-state index is 0.0126. The van der Waals surface area contributed by atoms with Crippen molar-refractivity contribution < 1.29 is 0 Å². The lowest BCUT2D eigenvalue weighted by atomic mass is 9.76. The van der Waals surface area contributed by atoms with E-state index in [0.29, 0.717) is 5.41 Å². The number of rotatable bonds is 5. The first-order valence-electron chi connectivity index (χ1n) is 27.9. The summed E-state index contributed by atoms with van der Waals surface area (Å²) in [5.41, 5.74) is 27.7. The normalized spacial score (nSPS) is 12.7. The smallest absolute Gasteiger partial charge is 0.000740 e. The van der Waals surface area contributed by atoms with Crippen LogP contribution in [0.15, 0.2) is 200 Å². The van der Waals surface area contributed by atoms with Crippen LogP contribution in [0.25, 0.3) is 132 Å². The van der Waals surface area contributed by atoms with Crippen LogP contribution in [0.4, 0.5) is 0 Å². The third-order valence-corrected chi connectivity index (χ3v) is 16.0. The SMILES string of the molecule is CC(C)(C)C.CC(C)(C)c1cccc(-c2c3c(c(-c4cc(C(C)(C)C)cc(C(C)(C)C)c4)c4ccccc24)-c2ccc4c5c(ccc-3c25)-c2c-4c(-c3ccccc3)c3cc(-c4ccccc4)ccc3c2-c2ccccc2)c1. The van der Waals surface area contributed by atoms with Crippen LogP contribution in [0, 0.1) is 5.41 Å². The van der Waals surface area contributed by atoms with Crippen molar-refractivity contribution >= 4 is 32.3 Å². The van der Waals surface area contributed by atoms with Gasteiger partial charge in [-0.05, 0) is 177 Å². The molecule has 0 nitrogen and oxygen atoms in total. The molecule has 77 heavy (non-hydrogen) atoms. The summed E-state index contributed by atoms with van der Waals surface area (Å²) in [6.07, 6.45) is 0. The van der Waals surface area contributed by atoms with Crippen molar-refractivity contribution in [2.45, 2.75) is 106 Å². The number of hydrogen-bond acceptors (Lipinski definition) is 0. The quantitative estimate of drug-likeness (QED) is 0.161. The van der Waals surface area contributed by atoms with Crippen molar-refractivity contribution in [3.05, 3.63) is 217 Å². The van der Waals surface area contributed by atoms with Crippen molar-refractivity contribution in [2.75, 3.05) is 0 Å². The highest BCUT2D eigenvalue weighted by Gasteiger charge is 2.38. The molecule has 13 rings (SSSR count). The average Bonchev–Trinajstić information content (AvgIpc) is 3.91. The van der Waals surface area contributed by atoms with Crippen LogP contribution in [0.5, 0.6) is 0 Å². The van der Waals surface area contributed by atoms with Gasteiger partial charge in [0.15, 0.2) is 0 Å². The predicted octanol–water partition coefficient (Wildman–Crippen LogP) is 22.7. The Hall–Kier alpha value is -7.80. The molecule has 0 unspecified atom stereocenters. The number of fused-ring (bicyclic) bond motifs is 8. The summed E-state index contributed by atoms with van der Waals surface area (Å²) in [7, 11) is 0. The molecule has 2 aliphatic carbocycles. The zero-order valence-electron chi connectivity index (χ0n) is 47.6. The Labute approximate surface area is 458 Å². The van der Waals surface area contributed by atoms with Gasteiger partial charge in [-0.3, -0.25) is 0 Å². The first-order valence-corrected chi connectivity index (χ1v) is 27.9. The Balaban J connectivity index is 0.00000114. The maximum atomic E-state index is 2.51. The maximum absolute atomic E-state index is 2.51. The molecule has 11 aromatic carbocycles. The first-order chi connectivity index (χ1) is 36.6. The summed E-state index contributed by atoms with van der Waals surface area (Å²) >= 11 is 0. The van der Waals surface area contributed by atoms with Crippen molar-refractivity contribution in [1.82, 2.24) is 0 Å². The van der Waals surface area contributed by atoms with Gasteiger partial charge in [0.05, 0.1) is 0 Å². The molecule has 0 bridgehead atoms. The van der Waals surface area contributed by atoms with Gasteiger partial charge >= 0.3 is 0 Å². The number of benzene rings is 11. The Morgan fingerprint density at radius 2 is 0.545 bits per heavy atom. The van der Waals surface area contributed by atoms with E-state index in [2.05, 4.69) is 290 Å². The first kappa shape index (κ1) is 50.0. The second kappa shape index (κ2) is 18.2. The minimum Gasteiger partial charge on any atom is -0.0622 e. The predicted molar refractivity (Wildman–Crippen MR) is 336 cm³/mol. The second-order valence-corrected chi connectivity index (χ2v) is 26.6. The van der Waals surface area contributed by atoms with Crippen LogP contribution >= 0.6 is 0 Å². The molecule has 0 aliphatic heterocycles. The molecule has 0 amide bonds. The summed E-state index contributed by atoms with van der Waals surface area (Å²) < 4.78 is 0. The topological polar surface area (TPSA) is 0 Å². The summed E-state index contributed by atoms with van der Waals surface area (Å²) in [6.45, 7) is 29.9. The fourth-order valence-electron chi connectivity index (χ4n) is 12.3. The van der Waals surface area contributed by atoms with Gasteiger partial charge in [-0.2, -0.15) is 0 Å². The van der Waals surface area contributed by atoms with E-state index in [4.69, 9.17) is 0 Å². The van der Waals surface area contributed by atoms with Crippen molar-refractivity contribution in [3.63, 3.8) is 0 Å². The van der Waals surface area contributed by atoms with E-state index in [9.17, 15) is 0 Å². The minimum atomic E-state index is -0.0437. The molecular formula is C77H72. The lowest BCUT2D eigenvalue weighted by Crippen LogP contribution is -2.16. The Kier molecular flexibility index (Phi) is 11.8. The van der Waals surface area contributed by atoms with Gasteiger partial charge in [0, 0.05) is 0 Å². The van der Waals surface area contributed by atoms with Gasteiger partial charge < -0.3 is 0 Å². The maximum Gasteiger partial charge on any atom is -0.000740 e. The number of hydrogen-bond donors (Lipinski definition) is 0. The van der Waals surface area contributed by atoms with E-state index >= 15 is 0 Å². The molecule has 0 fully saturated rings. The average molecular weight is 997 g/mol. The van der Waals surface area contributed by atoms with E-state index in [-0.39, 0.29) is 16.2 Å². The monoisotopic (exact) mass is 997 g/mol. The molecule has 0 N–H and O–H groups in total. The molecule has 11 aromatic rings. The molecule has 0 saturated carbocycles. The Morgan fingerprint density at radius 3 is 0.974 bits per heavy atom. The standard InChI is InChI=1S/C72H60.C5H12/c1-70(2,3)49-29-21-28-47(38-49)62-52-30-19-20-31-53(52)63(48-39-50(71(4,5)6)42-51(40-48)72(7,8)9)69-58-37-35-56-64-55(34-36-57(65(58)64)68(62)69)66-60(44-24-15-11-16-25-44)54-33-32-46(43-22-13-10-14-23-43)41-59(54)61(67(56)66)45-26-17-12-18-27-45;1-5(2,3)4/h10-42H,1-9H3;1-4H3. The molecule has 380 valence electrons. The molecule has 0 spiro atoms. The van der Waals surface area contributed by atoms with Gasteiger partial charge in [0.2, 0.25) is 0 Å². The van der Waals surface area contributed by atoms with Gasteiger partial charge in [-0.15, -0.1) is 0 Å². The molecule has 0 aromatic heterocycles. The third kappa shape index (κ3) is 8.62. The van der Waals surface area contributed by atoms with Crippen molar-refractivity contribution in [1.29, 1.82) is 0 Å². The molecule has 2 aliphatic rings. The van der Waals surface area contributed by atoms with Crippen molar-refractivity contribution in [2.24, 2.45) is 5.41 Å². The van der Waals surface area contributed by atoms with Crippen LogP contribution in [-0.2, 0) is 16.2 Å². The van der Waals surface area contributed by atoms with Gasteiger partial charge in [-0.25, -0.2) is 0 Å². The van der Waals surface area contributed by atoms with E-state index in [1.54, 1.807) is 0 Å². The van der Waals surface area contributed by atoms with Crippen LogP contribution in [0.2, 0.25) is 0 Å². The Bertz CT molecular complexity index is 4100. The molecular weight excluding hydrogens is 925 g/mol. The van der Waals surface area contributed by atoms with Gasteiger partial charge in [0.1, 0.15) is 0 Å². The second-order valence-electron chi connectivity index (χ2n) is 26.6. The summed E-state index contributed by atoms with van der Waals surface area (Å²) in [5.74, 6) is 0. The van der Waals surface area contributed by atoms with Crippen LogP contribution in [0.3, 0.4) is 0 Å². The van der Waals surface area contributed by atoms with Crippen LogP contribution in [0.1, 0.15) is 107 Å². The lowest BCUT2D eigenvalue weighted by Gasteiger charge is -2.28. The fourth-order valence-corrected chi connectivity index (χ4v) is 12.3. The molecule has 0 heterocycles. The highest BCUT2D eigenvalue weighted by Crippen LogP contribution is 2.65. The summed E-state index contributed by atoms with van der Waals surface area (Å²) in [5, 5.41) is 7.83. The van der Waals surface area contributed by atoms with E-state index in [1.807, 2.05) is 0 Å². The molecule has 0 atom stereocenters. The van der Waals surface area contributed by atoms with Crippen molar-refractivity contribution in [3.8, 4) is 100 Å². The summed E-state index contributed by atoms with van der Waals surface area (Å²) in [4.78, 5) is 0. The van der Waals surface area contributed by atoms with E-state index in [1.165, 1.54) is 149 Å². The van der Waals surface area contributed by atoms with Crippen LogP contribution in [-0.4, -0.2) is 0 Å². The van der Waals surface area contributed by atoms with Crippen LogP contribution < -0.4 is 0 Å². The van der Waals surface area contributed by atoms with E-state index < -0.39 is 0 Å². The highest BCUT2D eigenvalue weighted by atomic mass is 14.4. The Morgan fingerprint density at radius 1 is 0.208 bits per heavy atom. The summed E-state index contributed by atoms with van der Waals surface area (Å²) in [6, 6.07) is 76.5. The van der Waals surface area contributed by atoms with E-state index in [0.717, 1.165) is 0 Å². The zero-order valence-corrected chi connectivity index (χ0v) is 47.6. The molecule has 0 heteroatoms. The van der Waals surface area contributed by atoms with Gasteiger partial charge in [-0.1, -0.05) is 284 Å². The zero-order chi connectivity index (χ0) is 53.9. The largest absolute Gasteiger partial charge is 0.0622 e. The molecule has 0 saturated heterocycles. The molecule has 0 radical (unpaired) electrons. The third-order valence-electron chi connectivity index (χ3n) is 16.0.